The molecule has 2 N–H and O–H groups in total. The summed E-state index contributed by atoms with van der Waals surface area (Å²) in [5.41, 5.74) is 0.112. The molecule has 0 fully saturated rings. The first-order valence-corrected chi connectivity index (χ1v) is 10.8. The average molecular weight is 483 g/mol. The standard InChI is InChI=1S/C17H15Cl2F3N4O3S/c1-9(17(20,21)22)25-30(28,29)15-11-4-2-3-7-26(11)14(13(15)19)16(27)24-10-5-6-23-12(18)8-10/h2,4-6,8-9,25H,3,7H2,1H3,(H,23,24,27). The number of hydrogen-bond donors (Lipinski definition) is 2. The SMILES string of the molecule is CC(NS(=O)(=O)c1c(Cl)c(C(=O)Nc2ccnc(Cl)c2)n2c1C=CCC2)C(F)(F)F. The second-order valence-corrected chi connectivity index (χ2v) is 8.84. The Morgan fingerprint density at radius 3 is 2.67 bits per heavy atom. The summed E-state index contributed by atoms with van der Waals surface area (Å²) >= 11 is 12.0. The van der Waals surface area contributed by atoms with Crippen LogP contribution in [0.15, 0.2) is 29.3 Å². The Hall–Kier alpha value is -2.08. The number of alkyl halides is 3. The molecule has 1 amide bonds. The molecule has 0 aliphatic carbocycles. The lowest BCUT2D eigenvalue weighted by molar-refractivity contribution is -0.147. The fourth-order valence-corrected chi connectivity index (χ4v) is 5.15. The molecule has 0 saturated heterocycles. The van der Waals surface area contributed by atoms with Crippen LogP contribution >= 0.6 is 23.2 Å². The Morgan fingerprint density at radius 2 is 2.03 bits per heavy atom. The van der Waals surface area contributed by atoms with E-state index in [9.17, 15) is 26.4 Å². The molecule has 162 valence electrons. The van der Waals surface area contributed by atoms with E-state index in [1.165, 1.54) is 29.0 Å². The summed E-state index contributed by atoms with van der Waals surface area (Å²) in [6.07, 6.45) is 0.0833. The van der Waals surface area contributed by atoms with Crippen LogP contribution in [0.25, 0.3) is 6.08 Å². The predicted octanol–water partition coefficient (Wildman–Crippen LogP) is 4.09. The summed E-state index contributed by atoms with van der Waals surface area (Å²) in [6.45, 7) is 0.889. The van der Waals surface area contributed by atoms with Crippen LogP contribution in [0.4, 0.5) is 18.9 Å². The number of sulfonamides is 1. The molecule has 13 heteroatoms. The van der Waals surface area contributed by atoms with Gasteiger partial charge in [-0.3, -0.25) is 4.79 Å². The highest BCUT2D eigenvalue weighted by Crippen LogP contribution is 2.36. The minimum Gasteiger partial charge on any atom is -0.334 e. The first-order chi connectivity index (χ1) is 13.9. The summed E-state index contributed by atoms with van der Waals surface area (Å²) in [5, 5.41) is 2.17. The zero-order valence-corrected chi connectivity index (χ0v) is 17.6. The number of rotatable bonds is 5. The highest BCUT2D eigenvalue weighted by atomic mass is 35.5. The summed E-state index contributed by atoms with van der Waals surface area (Å²) < 4.78 is 67.0. The third-order valence-electron chi connectivity index (χ3n) is 4.29. The molecule has 0 radical (unpaired) electrons. The number of aromatic nitrogens is 2. The number of hydrogen-bond acceptors (Lipinski definition) is 4. The molecule has 0 spiro atoms. The summed E-state index contributed by atoms with van der Waals surface area (Å²) in [4.78, 5) is 16.0. The van der Waals surface area contributed by atoms with Gasteiger partial charge in [-0.1, -0.05) is 29.3 Å². The van der Waals surface area contributed by atoms with Crippen molar-refractivity contribution >= 4 is 50.9 Å². The summed E-state index contributed by atoms with van der Waals surface area (Å²) in [6, 6.07) is 0.484. The van der Waals surface area contributed by atoms with E-state index in [-0.39, 0.29) is 28.8 Å². The first kappa shape index (κ1) is 22.6. The second kappa shape index (κ2) is 8.22. The van der Waals surface area contributed by atoms with Crippen LogP contribution in [0.1, 0.15) is 29.5 Å². The van der Waals surface area contributed by atoms with E-state index in [2.05, 4.69) is 10.3 Å². The largest absolute Gasteiger partial charge is 0.404 e. The number of carbonyl (C=O) groups excluding carboxylic acids is 1. The Labute approximate surface area is 179 Å². The van der Waals surface area contributed by atoms with Gasteiger partial charge in [0.2, 0.25) is 10.0 Å². The van der Waals surface area contributed by atoms with Crippen molar-refractivity contribution in [1.82, 2.24) is 14.3 Å². The van der Waals surface area contributed by atoms with Crippen LogP contribution in [0.3, 0.4) is 0 Å². The number of pyridine rings is 1. The lowest BCUT2D eigenvalue weighted by Gasteiger charge is -2.18. The van der Waals surface area contributed by atoms with Crippen molar-refractivity contribution < 1.29 is 26.4 Å². The van der Waals surface area contributed by atoms with Gasteiger partial charge >= 0.3 is 6.18 Å². The maximum absolute atomic E-state index is 12.9. The van der Waals surface area contributed by atoms with Crippen LogP contribution in [-0.4, -0.2) is 36.1 Å². The number of halogens is 5. The molecule has 3 rings (SSSR count). The fraction of sp³-hybridized carbons (Fsp3) is 0.294. The van der Waals surface area contributed by atoms with Gasteiger partial charge in [0, 0.05) is 18.4 Å². The second-order valence-electron chi connectivity index (χ2n) is 6.43. The zero-order valence-electron chi connectivity index (χ0n) is 15.3. The Morgan fingerprint density at radius 1 is 1.33 bits per heavy atom. The van der Waals surface area contributed by atoms with Crippen molar-refractivity contribution in [2.24, 2.45) is 0 Å². The third-order valence-corrected chi connectivity index (χ3v) is 6.59. The summed E-state index contributed by atoms with van der Waals surface area (Å²) in [5.74, 6) is -0.746. The number of amides is 1. The smallest absolute Gasteiger partial charge is 0.334 e. The molecule has 0 aromatic carbocycles. The fourth-order valence-electron chi connectivity index (χ4n) is 2.88. The molecule has 2 aromatic heterocycles. The predicted molar refractivity (Wildman–Crippen MR) is 106 cm³/mol. The molecule has 0 bridgehead atoms. The third kappa shape index (κ3) is 4.48. The lowest BCUT2D eigenvalue weighted by atomic mass is 10.2. The zero-order chi connectivity index (χ0) is 22.3. The van der Waals surface area contributed by atoms with E-state index < -0.39 is 38.1 Å². The first-order valence-electron chi connectivity index (χ1n) is 8.52. The van der Waals surface area contributed by atoms with Gasteiger partial charge in [-0.2, -0.15) is 17.9 Å². The quantitative estimate of drug-likeness (QED) is 0.627. The van der Waals surface area contributed by atoms with E-state index >= 15 is 0 Å². The molecule has 3 heterocycles. The molecule has 2 aromatic rings. The van der Waals surface area contributed by atoms with Crippen molar-refractivity contribution in [3.63, 3.8) is 0 Å². The number of nitrogens with zero attached hydrogens (tertiary/aromatic N) is 2. The average Bonchev–Trinajstić information content (AvgIpc) is 2.93. The Balaban J connectivity index is 2.06. The van der Waals surface area contributed by atoms with E-state index in [1.807, 2.05) is 0 Å². The van der Waals surface area contributed by atoms with Gasteiger partial charge in [0.25, 0.3) is 5.91 Å². The van der Waals surface area contributed by atoms with Crippen molar-refractivity contribution in [1.29, 1.82) is 0 Å². The van der Waals surface area contributed by atoms with Gasteiger partial charge in [0.15, 0.2) is 0 Å². The molecule has 1 aliphatic rings. The minimum absolute atomic E-state index is 0.0195. The van der Waals surface area contributed by atoms with Crippen LogP contribution < -0.4 is 10.0 Å². The van der Waals surface area contributed by atoms with E-state index in [0.29, 0.717) is 13.3 Å². The number of carbonyl (C=O) groups is 1. The molecule has 7 nitrogen and oxygen atoms in total. The normalized spacial score (nSPS) is 15.0. The number of fused-ring (bicyclic) bond motifs is 1. The number of allylic oxidation sites excluding steroid dienone is 1. The van der Waals surface area contributed by atoms with E-state index in [0.717, 1.165) is 0 Å². The molecule has 30 heavy (non-hydrogen) atoms. The minimum atomic E-state index is -4.80. The molecule has 1 atom stereocenters. The van der Waals surface area contributed by atoms with Crippen molar-refractivity contribution in [3.8, 4) is 0 Å². The monoisotopic (exact) mass is 482 g/mol. The van der Waals surface area contributed by atoms with Gasteiger partial charge in [0.05, 0.1) is 10.7 Å². The highest BCUT2D eigenvalue weighted by Gasteiger charge is 2.41. The molecule has 1 unspecified atom stereocenters. The maximum atomic E-state index is 12.9. The Bertz CT molecular complexity index is 1130. The topological polar surface area (TPSA) is 93.1 Å². The maximum Gasteiger partial charge on any atom is 0.404 e. The van der Waals surface area contributed by atoms with E-state index in [4.69, 9.17) is 23.2 Å². The van der Waals surface area contributed by atoms with Gasteiger partial charge in [-0.05, 0) is 31.6 Å². The van der Waals surface area contributed by atoms with Gasteiger partial charge in [-0.25, -0.2) is 13.4 Å². The molecular formula is C17H15Cl2F3N4O3S. The molecule has 1 aliphatic heterocycles. The molecular weight excluding hydrogens is 468 g/mol. The number of nitrogens with one attached hydrogen (secondary N) is 2. The van der Waals surface area contributed by atoms with Crippen LogP contribution in [0, 0.1) is 0 Å². The van der Waals surface area contributed by atoms with Gasteiger partial charge in [0.1, 0.15) is 21.8 Å². The lowest BCUT2D eigenvalue weighted by Crippen LogP contribution is -2.43. The van der Waals surface area contributed by atoms with Crippen molar-refractivity contribution in [2.45, 2.75) is 37.0 Å². The Kier molecular flexibility index (Phi) is 6.19. The van der Waals surface area contributed by atoms with Crippen LogP contribution in [-0.2, 0) is 16.6 Å². The van der Waals surface area contributed by atoms with Crippen LogP contribution in [0.2, 0.25) is 10.2 Å². The molecule has 0 saturated carbocycles. The van der Waals surface area contributed by atoms with E-state index in [1.54, 1.807) is 10.8 Å². The van der Waals surface area contributed by atoms with Crippen LogP contribution in [0.5, 0.6) is 0 Å². The summed E-state index contributed by atoms with van der Waals surface area (Å²) in [7, 11) is -4.69. The highest BCUT2D eigenvalue weighted by molar-refractivity contribution is 7.89. The van der Waals surface area contributed by atoms with Gasteiger partial charge < -0.3 is 9.88 Å². The van der Waals surface area contributed by atoms with Gasteiger partial charge in [-0.15, -0.1) is 0 Å². The van der Waals surface area contributed by atoms with Crippen molar-refractivity contribution in [3.05, 3.63) is 46.0 Å². The van der Waals surface area contributed by atoms with Crippen molar-refractivity contribution in [2.75, 3.05) is 5.32 Å². The number of anilines is 1.